The molecule has 0 amide bonds. The fourth-order valence-corrected chi connectivity index (χ4v) is 1.10. The van der Waals surface area contributed by atoms with Gasteiger partial charge in [-0.15, -0.1) is 0 Å². The number of benzene rings is 1. The minimum Gasteiger partial charge on any atom is -0.289 e. The first-order chi connectivity index (χ1) is 6.25. The molecule has 0 atom stereocenters. The number of allylic oxidation sites excluding steroid dienone is 2. The van der Waals surface area contributed by atoms with Crippen LogP contribution in [0.25, 0.3) is 0 Å². The molecular weight excluding hydrogens is 167 g/mol. The second-order valence-corrected chi connectivity index (χ2v) is 3.17. The Kier molecular flexibility index (Phi) is 1.97. The third-order valence-corrected chi connectivity index (χ3v) is 2.00. The summed E-state index contributed by atoms with van der Waals surface area (Å²) in [6.07, 6.45) is 3.72. The normalized spacial score (nSPS) is 14.1. The Labute approximate surface area is 75.9 Å². The van der Waals surface area contributed by atoms with Crippen LogP contribution in [0.5, 0.6) is 0 Å². The lowest BCUT2D eigenvalue weighted by atomic mass is 10.1. The van der Waals surface area contributed by atoms with E-state index in [0.29, 0.717) is 5.56 Å². The molecule has 1 fully saturated rings. The molecule has 0 radical (unpaired) electrons. The molecule has 2 heteroatoms. The number of carbonyl (C=O) groups excluding carboxylic acids is 1. The Balaban J connectivity index is 2.20. The van der Waals surface area contributed by atoms with Gasteiger partial charge in [0.15, 0.2) is 5.78 Å². The number of ketones is 1. The van der Waals surface area contributed by atoms with Crippen molar-refractivity contribution in [3.05, 3.63) is 47.3 Å². The summed E-state index contributed by atoms with van der Waals surface area (Å²) in [6.45, 7) is 0. The number of hydrogen-bond donors (Lipinski definition) is 0. The zero-order valence-electron chi connectivity index (χ0n) is 7.09. The molecule has 0 unspecified atom stereocenters. The van der Waals surface area contributed by atoms with Crippen molar-refractivity contribution < 1.29 is 9.18 Å². The Morgan fingerprint density at radius 1 is 1.23 bits per heavy atom. The maximum atomic E-state index is 12.5. The minimum absolute atomic E-state index is 0.0208. The molecule has 1 saturated carbocycles. The predicted octanol–water partition coefficient (Wildman–Crippen LogP) is 2.73. The molecule has 66 valence electrons. The first-order valence-corrected chi connectivity index (χ1v) is 4.25. The van der Waals surface area contributed by atoms with Crippen LogP contribution in [-0.2, 0) is 0 Å². The Bertz CT molecular complexity index is 356. The van der Waals surface area contributed by atoms with Crippen molar-refractivity contribution in [3.8, 4) is 0 Å². The first-order valence-electron chi connectivity index (χ1n) is 4.25. The van der Waals surface area contributed by atoms with Crippen LogP contribution >= 0.6 is 0 Å². The molecule has 0 bridgehead atoms. The molecule has 1 aromatic carbocycles. The average Bonchev–Trinajstić information content (AvgIpc) is 2.89. The third-order valence-electron chi connectivity index (χ3n) is 2.00. The van der Waals surface area contributed by atoms with Gasteiger partial charge in [0.2, 0.25) is 0 Å². The third kappa shape index (κ3) is 2.02. The zero-order valence-corrected chi connectivity index (χ0v) is 7.09. The Hall–Kier alpha value is -1.44. The molecule has 0 heterocycles. The highest BCUT2D eigenvalue weighted by molar-refractivity contribution is 6.05. The van der Waals surface area contributed by atoms with Gasteiger partial charge in [-0.3, -0.25) is 4.79 Å². The SMILES string of the molecule is O=C(C=C1CC1)c1ccc(F)cc1. The molecule has 0 aromatic heterocycles. The molecule has 1 aromatic rings. The largest absolute Gasteiger partial charge is 0.289 e. The van der Waals surface area contributed by atoms with Gasteiger partial charge >= 0.3 is 0 Å². The van der Waals surface area contributed by atoms with Crippen molar-refractivity contribution in [3.63, 3.8) is 0 Å². The summed E-state index contributed by atoms with van der Waals surface area (Å²) in [5, 5.41) is 0. The van der Waals surface area contributed by atoms with Crippen LogP contribution in [0.3, 0.4) is 0 Å². The minimum atomic E-state index is -0.310. The average molecular weight is 176 g/mol. The lowest BCUT2D eigenvalue weighted by Crippen LogP contribution is -1.93. The smallest absolute Gasteiger partial charge is 0.185 e. The highest BCUT2D eigenvalue weighted by Gasteiger charge is 2.13. The maximum Gasteiger partial charge on any atom is 0.185 e. The molecular formula is C11H9FO. The lowest BCUT2D eigenvalue weighted by molar-refractivity contribution is 0.104. The van der Waals surface area contributed by atoms with Crippen molar-refractivity contribution in [1.82, 2.24) is 0 Å². The van der Waals surface area contributed by atoms with Crippen LogP contribution in [-0.4, -0.2) is 5.78 Å². The quantitative estimate of drug-likeness (QED) is 0.500. The highest BCUT2D eigenvalue weighted by Crippen LogP contribution is 2.27. The topological polar surface area (TPSA) is 17.1 Å². The van der Waals surface area contributed by atoms with Crippen molar-refractivity contribution >= 4 is 5.78 Å². The van der Waals surface area contributed by atoms with Gasteiger partial charge in [0, 0.05) is 5.56 Å². The molecule has 0 aliphatic heterocycles. The summed E-state index contributed by atoms with van der Waals surface area (Å²) < 4.78 is 12.5. The first kappa shape index (κ1) is 8.17. The van der Waals surface area contributed by atoms with E-state index < -0.39 is 0 Å². The molecule has 2 rings (SSSR count). The maximum absolute atomic E-state index is 12.5. The second kappa shape index (κ2) is 3.13. The zero-order chi connectivity index (χ0) is 9.26. The molecule has 1 aliphatic rings. The van der Waals surface area contributed by atoms with E-state index in [4.69, 9.17) is 0 Å². The predicted molar refractivity (Wildman–Crippen MR) is 48.0 cm³/mol. The number of halogens is 1. The van der Waals surface area contributed by atoms with Gasteiger partial charge in [0.1, 0.15) is 5.82 Å². The fraction of sp³-hybridized carbons (Fsp3) is 0.182. The van der Waals surface area contributed by atoms with Gasteiger partial charge in [0.25, 0.3) is 0 Å². The second-order valence-electron chi connectivity index (χ2n) is 3.17. The summed E-state index contributed by atoms with van der Waals surface area (Å²) in [4.78, 5) is 11.4. The molecule has 13 heavy (non-hydrogen) atoms. The van der Waals surface area contributed by atoms with Crippen molar-refractivity contribution in [2.45, 2.75) is 12.8 Å². The van der Waals surface area contributed by atoms with Crippen LogP contribution < -0.4 is 0 Å². The van der Waals surface area contributed by atoms with Crippen molar-refractivity contribution in [2.24, 2.45) is 0 Å². The van der Waals surface area contributed by atoms with E-state index in [2.05, 4.69) is 0 Å². The molecule has 0 N–H and O–H groups in total. The van der Waals surface area contributed by atoms with Crippen LogP contribution in [0.15, 0.2) is 35.9 Å². The Morgan fingerprint density at radius 2 is 1.85 bits per heavy atom. The Morgan fingerprint density at radius 3 is 2.38 bits per heavy atom. The van der Waals surface area contributed by atoms with Crippen LogP contribution in [0.2, 0.25) is 0 Å². The monoisotopic (exact) mass is 176 g/mol. The fourth-order valence-electron chi connectivity index (χ4n) is 1.10. The molecule has 1 nitrogen and oxygen atoms in total. The molecule has 0 spiro atoms. The summed E-state index contributed by atoms with van der Waals surface area (Å²) in [6, 6.07) is 5.63. The standard InChI is InChI=1S/C11H9FO/c12-10-5-3-9(4-6-10)11(13)7-8-1-2-8/h3-7H,1-2H2. The summed E-state index contributed by atoms with van der Waals surface area (Å²) in [5.41, 5.74) is 1.75. The van der Waals surface area contributed by atoms with E-state index in [0.717, 1.165) is 12.8 Å². The molecule has 0 saturated heterocycles. The number of hydrogen-bond acceptors (Lipinski definition) is 1. The summed E-state index contributed by atoms with van der Waals surface area (Å²) in [5.74, 6) is -0.330. The van der Waals surface area contributed by atoms with Gasteiger partial charge in [-0.1, -0.05) is 5.57 Å². The van der Waals surface area contributed by atoms with E-state index in [-0.39, 0.29) is 11.6 Å². The van der Waals surface area contributed by atoms with E-state index in [1.165, 1.54) is 29.8 Å². The summed E-state index contributed by atoms with van der Waals surface area (Å²) >= 11 is 0. The van der Waals surface area contributed by atoms with Gasteiger partial charge in [0.05, 0.1) is 0 Å². The van der Waals surface area contributed by atoms with Gasteiger partial charge in [-0.05, 0) is 43.2 Å². The van der Waals surface area contributed by atoms with E-state index in [9.17, 15) is 9.18 Å². The van der Waals surface area contributed by atoms with Crippen molar-refractivity contribution in [1.29, 1.82) is 0 Å². The van der Waals surface area contributed by atoms with Crippen molar-refractivity contribution in [2.75, 3.05) is 0 Å². The van der Waals surface area contributed by atoms with Crippen LogP contribution in [0.1, 0.15) is 23.2 Å². The van der Waals surface area contributed by atoms with Gasteiger partial charge < -0.3 is 0 Å². The van der Waals surface area contributed by atoms with Gasteiger partial charge in [-0.2, -0.15) is 0 Å². The highest BCUT2D eigenvalue weighted by atomic mass is 19.1. The van der Waals surface area contributed by atoms with E-state index in [1.54, 1.807) is 6.08 Å². The number of rotatable bonds is 2. The van der Waals surface area contributed by atoms with Gasteiger partial charge in [-0.25, -0.2) is 4.39 Å². The molecule has 1 aliphatic carbocycles. The summed E-state index contributed by atoms with van der Waals surface area (Å²) in [7, 11) is 0. The number of carbonyl (C=O) groups is 1. The van der Waals surface area contributed by atoms with E-state index >= 15 is 0 Å². The van der Waals surface area contributed by atoms with E-state index in [1.807, 2.05) is 0 Å². The van der Waals surface area contributed by atoms with Crippen LogP contribution in [0.4, 0.5) is 4.39 Å². The van der Waals surface area contributed by atoms with Crippen LogP contribution in [0, 0.1) is 5.82 Å². The lowest BCUT2D eigenvalue weighted by Gasteiger charge is -1.93.